The molecular formula is C24H25ClN4OS. The number of allylic oxidation sites excluding steroid dienone is 1. The third-order valence-electron chi connectivity index (χ3n) is 5.45. The zero-order chi connectivity index (χ0) is 21.8. The van der Waals surface area contributed by atoms with E-state index in [1.54, 1.807) is 0 Å². The van der Waals surface area contributed by atoms with Crippen molar-refractivity contribution in [1.29, 1.82) is 0 Å². The van der Waals surface area contributed by atoms with Gasteiger partial charge in [-0.25, -0.2) is 0 Å². The van der Waals surface area contributed by atoms with Gasteiger partial charge in [-0.1, -0.05) is 79.0 Å². The molecule has 1 aliphatic heterocycles. The van der Waals surface area contributed by atoms with Gasteiger partial charge in [0.25, 0.3) is 5.89 Å². The average Bonchev–Trinajstić information content (AvgIpc) is 3.26. The second-order valence-electron chi connectivity index (χ2n) is 7.58. The summed E-state index contributed by atoms with van der Waals surface area (Å²) < 4.78 is 5.76. The zero-order valence-electron chi connectivity index (χ0n) is 17.6. The number of halogens is 1. The molecule has 0 aliphatic carbocycles. The number of benzene rings is 2. The van der Waals surface area contributed by atoms with Gasteiger partial charge in [0.05, 0.1) is 11.6 Å². The zero-order valence-corrected chi connectivity index (χ0v) is 19.2. The van der Waals surface area contributed by atoms with Gasteiger partial charge in [-0.05, 0) is 43.3 Å². The van der Waals surface area contributed by atoms with Gasteiger partial charge in [-0.15, -0.1) is 0 Å². The first-order chi connectivity index (χ1) is 15.1. The summed E-state index contributed by atoms with van der Waals surface area (Å²) in [5.41, 5.74) is 3.85. The van der Waals surface area contributed by atoms with Gasteiger partial charge < -0.3 is 14.7 Å². The van der Waals surface area contributed by atoms with Gasteiger partial charge >= 0.3 is 0 Å². The highest BCUT2D eigenvalue weighted by Gasteiger charge is 2.34. The van der Waals surface area contributed by atoms with E-state index in [2.05, 4.69) is 29.2 Å². The van der Waals surface area contributed by atoms with Crippen molar-refractivity contribution in [3.63, 3.8) is 0 Å². The number of hydrogen-bond acceptors (Lipinski definition) is 4. The molecule has 0 radical (unpaired) electrons. The van der Waals surface area contributed by atoms with Crippen LogP contribution in [0.5, 0.6) is 0 Å². The maximum atomic E-state index is 6.29. The van der Waals surface area contributed by atoms with Crippen LogP contribution in [0.1, 0.15) is 50.6 Å². The fraction of sp³-hybridized carbons (Fsp3) is 0.292. The Kier molecular flexibility index (Phi) is 6.68. The normalized spacial score (nSPS) is 16.5. The van der Waals surface area contributed by atoms with Gasteiger partial charge in [-0.2, -0.15) is 4.98 Å². The number of nitrogens with one attached hydrogen (secondary N) is 1. The summed E-state index contributed by atoms with van der Waals surface area (Å²) in [6.07, 6.45) is 3.36. The molecule has 2 aromatic carbocycles. The number of rotatable bonds is 7. The molecule has 5 nitrogen and oxygen atoms in total. The molecule has 1 aliphatic rings. The first-order valence-corrected chi connectivity index (χ1v) is 11.3. The molecule has 1 aromatic heterocycles. The van der Waals surface area contributed by atoms with Crippen molar-refractivity contribution in [1.82, 2.24) is 20.4 Å². The maximum Gasteiger partial charge on any atom is 0.258 e. The molecule has 0 bridgehead atoms. The van der Waals surface area contributed by atoms with Crippen LogP contribution in [-0.4, -0.2) is 26.7 Å². The lowest BCUT2D eigenvalue weighted by atomic mass is 9.94. The van der Waals surface area contributed by atoms with Gasteiger partial charge in [0.15, 0.2) is 5.11 Å². The molecule has 0 saturated heterocycles. The van der Waals surface area contributed by atoms with Crippen molar-refractivity contribution >= 4 is 34.5 Å². The summed E-state index contributed by atoms with van der Waals surface area (Å²) in [5.74, 6) is 1.04. The molecule has 1 unspecified atom stereocenters. The molecule has 1 atom stereocenters. The Hall–Kier alpha value is -2.70. The van der Waals surface area contributed by atoms with Gasteiger partial charge in [0.1, 0.15) is 0 Å². The van der Waals surface area contributed by atoms with E-state index in [4.69, 9.17) is 33.3 Å². The Morgan fingerprint density at radius 1 is 1.13 bits per heavy atom. The number of aromatic nitrogens is 2. The molecule has 2 heterocycles. The quantitative estimate of drug-likeness (QED) is 0.338. The van der Waals surface area contributed by atoms with Gasteiger partial charge in [0, 0.05) is 22.8 Å². The predicted molar refractivity (Wildman–Crippen MR) is 128 cm³/mol. The summed E-state index contributed by atoms with van der Waals surface area (Å²) in [6.45, 7) is 5.11. The van der Waals surface area contributed by atoms with Crippen molar-refractivity contribution in [2.45, 2.75) is 39.2 Å². The van der Waals surface area contributed by atoms with Gasteiger partial charge in [0.2, 0.25) is 5.82 Å². The van der Waals surface area contributed by atoms with Crippen LogP contribution < -0.4 is 5.32 Å². The van der Waals surface area contributed by atoms with E-state index in [0.29, 0.717) is 21.9 Å². The standard InChI is InChI=1S/C24H25ClN4OS/c1-3-4-8-14-29-16(2)20(21(26-24(29)31)18-12-9-13-19(25)15-18)23-27-22(28-30-23)17-10-6-5-7-11-17/h5-7,9-13,15,21H,3-4,8,14H2,1-2H3,(H,26,31). The van der Waals surface area contributed by atoms with Crippen molar-refractivity contribution in [3.05, 3.63) is 76.8 Å². The Morgan fingerprint density at radius 2 is 1.94 bits per heavy atom. The van der Waals surface area contributed by atoms with E-state index in [-0.39, 0.29) is 6.04 Å². The third-order valence-corrected chi connectivity index (χ3v) is 6.03. The van der Waals surface area contributed by atoms with Crippen molar-refractivity contribution in [2.24, 2.45) is 0 Å². The Labute approximate surface area is 193 Å². The largest absolute Gasteiger partial charge is 0.351 e. The van der Waals surface area contributed by atoms with Crippen LogP contribution in [0.3, 0.4) is 0 Å². The van der Waals surface area contributed by atoms with E-state index in [1.807, 2.05) is 54.6 Å². The maximum absolute atomic E-state index is 6.29. The fourth-order valence-electron chi connectivity index (χ4n) is 3.82. The molecule has 0 amide bonds. The third kappa shape index (κ3) is 4.65. The number of hydrogen-bond donors (Lipinski definition) is 1. The van der Waals surface area contributed by atoms with E-state index >= 15 is 0 Å². The lowest BCUT2D eigenvalue weighted by Gasteiger charge is -2.37. The molecule has 3 aromatic rings. The highest BCUT2D eigenvalue weighted by Crippen LogP contribution is 2.38. The number of nitrogens with zero attached hydrogens (tertiary/aromatic N) is 3. The fourth-order valence-corrected chi connectivity index (χ4v) is 4.37. The first-order valence-electron chi connectivity index (χ1n) is 10.5. The van der Waals surface area contributed by atoms with Crippen LogP contribution in [0.4, 0.5) is 0 Å². The number of thiocarbonyl (C=S) groups is 1. The van der Waals surface area contributed by atoms with Crippen LogP contribution in [0.15, 0.2) is 64.8 Å². The van der Waals surface area contributed by atoms with Crippen LogP contribution in [0.2, 0.25) is 5.02 Å². The van der Waals surface area contributed by atoms with Crippen molar-refractivity contribution < 1.29 is 4.52 Å². The SMILES string of the molecule is CCCCCN1C(=S)NC(c2cccc(Cl)c2)C(c2nc(-c3ccccc3)no2)=C1C. The lowest BCUT2D eigenvalue weighted by Crippen LogP contribution is -2.46. The Bertz CT molecular complexity index is 1100. The monoisotopic (exact) mass is 452 g/mol. The van der Waals surface area contributed by atoms with Crippen LogP contribution in [0, 0.1) is 0 Å². The van der Waals surface area contributed by atoms with Crippen molar-refractivity contribution in [3.8, 4) is 11.4 Å². The van der Waals surface area contributed by atoms with E-state index < -0.39 is 0 Å². The molecule has 160 valence electrons. The van der Waals surface area contributed by atoms with E-state index in [9.17, 15) is 0 Å². The molecule has 4 rings (SSSR count). The molecule has 0 spiro atoms. The highest BCUT2D eigenvalue weighted by molar-refractivity contribution is 7.80. The average molecular weight is 453 g/mol. The molecule has 1 N–H and O–H groups in total. The summed E-state index contributed by atoms with van der Waals surface area (Å²) in [6, 6.07) is 17.4. The molecule has 0 fully saturated rings. The topological polar surface area (TPSA) is 54.2 Å². The van der Waals surface area contributed by atoms with E-state index in [1.165, 1.54) is 0 Å². The van der Waals surface area contributed by atoms with Gasteiger partial charge in [-0.3, -0.25) is 0 Å². The summed E-state index contributed by atoms with van der Waals surface area (Å²) in [4.78, 5) is 6.86. The molecule has 31 heavy (non-hydrogen) atoms. The predicted octanol–water partition coefficient (Wildman–Crippen LogP) is 6.24. The Morgan fingerprint density at radius 3 is 2.68 bits per heavy atom. The Balaban J connectivity index is 1.78. The van der Waals surface area contributed by atoms with E-state index in [0.717, 1.165) is 48.2 Å². The summed E-state index contributed by atoms with van der Waals surface area (Å²) >= 11 is 12.0. The lowest BCUT2D eigenvalue weighted by molar-refractivity contribution is 0.395. The second kappa shape index (κ2) is 9.62. The van der Waals surface area contributed by atoms with Crippen LogP contribution in [-0.2, 0) is 0 Å². The molecule has 7 heteroatoms. The van der Waals surface area contributed by atoms with Crippen LogP contribution >= 0.6 is 23.8 Å². The molecular weight excluding hydrogens is 428 g/mol. The number of unbranched alkanes of at least 4 members (excludes halogenated alkanes) is 2. The summed E-state index contributed by atoms with van der Waals surface area (Å²) in [7, 11) is 0. The molecule has 0 saturated carbocycles. The minimum Gasteiger partial charge on any atom is -0.351 e. The minimum absolute atomic E-state index is 0.224. The smallest absolute Gasteiger partial charge is 0.258 e. The summed E-state index contributed by atoms with van der Waals surface area (Å²) in [5, 5.41) is 9.08. The minimum atomic E-state index is -0.224. The first kappa shape index (κ1) is 21.5. The highest BCUT2D eigenvalue weighted by atomic mass is 35.5. The van der Waals surface area contributed by atoms with Crippen molar-refractivity contribution in [2.75, 3.05) is 6.54 Å². The van der Waals surface area contributed by atoms with Crippen LogP contribution in [0.25, 0.3) is 17.0 Å². The second-order valence-corrected chi connectivity index (χ2v) is 8.41.